The minimum absolute atomic E-state index is 0.100. The van der Waals surface area contributed by atoms with Crippen molar-refractivity contribution in [3.05, 3.63) is 42.2 Å². The lowest BCUT2D eigenvalue weighted by molar-refractivity contribution is -0.137. The van der Waals surface area contributed by atoms with E-state index in [9.17, 15) is 9.59 Å². The van der Waals surface area contributed by atoms with Crippen LogP contribution in [0.2, 0.25) is 0 Å². The molecule has 1 aromatic carbocycles. The second kappa shape index (κ2) is 6.84. The molecule has 2 aromatic rings. The number of carboxylic acid groups (broad SMARTS) is 1. The first-order valence-electron chi connectivity index (χ1n) is 6.99. The molecule has 0 radical (unpaired) electrons. The highest BCUT2D eigenvalue weighted by Gasteiger charge is 2.22. The van der Waals surface area contributed by atoms with Gasteiger partial charge in [0.05, 0.1) is 18.3 Å². The molecule has 0 spiro atoms. The van der Waals surface area contributed by atoms with E-state index >= 15 is 0 Å². The number of carbonyl (C=O) groups is 2. The molecule has 0 aliphatic heterocycles. The predicted molar refractivity (Wildman–Crippen MR) is 79.8 cm³/mol. The smallest absolute Gasteiger partial charge is 0.305 e. The summed E-state index contributed by atoms with van der Waals surface area (Å²) in [5.41, 5.74) is 0.999. The summed E-state index contributed by atoms with van der Waals surface area (Å²) < 4.78 is 1.52. The van der Waals surface area contributed by atoms with Crippen molar-refractivity contribution in [1.29, 1.82) is 0 Å². The van der Waals surface area contributed by atoms with Crippen molar-refractivity contribution in [2.24, 2.45) is 0 Å². The zero-order valence-electron chi connectivity index (χ0n) is 12.5. The van der Waals surface area contributed by atoms with Crippen LogP contribution in [-0.2, 0) is 4.79 Å². The van der Waals surface area contributed by atoms with Gasteiger partial charge >= 0.3 is 5.97 Å². The van der Waals surface area contributed by atoms with Crippen molar-refractivity contribution in [2.45, 2.75) is 26.3 Å². The second-order valence-corrected chi connectivity index (χ2v) is 5.12. The van der Waals surface area contributed by atoms with Gasteiger partial charge in [-0.25, -0.2) is 4.68 Å². The Hall–Kier alpha value is -2.70. The lowest BCUT2D eigenvalue weighted by Crippen LogP contribution is -2.38. The molecule has 7 heteroatoms. The molecule has 0 unspecified atom stereocenters. The Labute approximate surface area is 128 Å². The molecule has 116 valence electrons. The molecule has 0 aliphatic carbocycles. The van der Waals surface area contributed by atoms with E-state index in [1.165, 1.54) is 9.58 Å². The van der Waals surface area contributed by atoms with E-state index in [0.29, 0.717) is 0 Å². The highest BCUT2D eigenvalue weighted by molar-refractivity contribution is 5.92. The topological polar surface area (TPSA) is 88.3 Å². The number of hydrogen-bond acceptors (Lipinski definition) is 4. The van der Waals surface area contributed by atoms with Gasteiger partial charge in [-0.1, -0.05) is 23.4 Å². The van der Waals surface area contributed by atoms with E-state index in [1.54, 1.807) is 6.20 Å². The zero-order chi connectivity index (χ0) is 16.1. The summed E-state index contributed by atoms with van der Waals surface area (Å²) >= 11 is 0. The van der Waals surface area contributed by atoms with Crippen LogP contribution in [0.1, 0.15) is 30.8 Å². The van der Waals surface area contributed by atoms with Crippen molar-refractivity contribution < 1.29 is 14.7 Å². The quantitative estimate of drug-likeness (QED) is 0.875. The fourth-order valence-electron chi connectivity index (χ4n) is 2.03. The van der Waals surface area contributed by atoms with Crippen LogP contribution in [-0.4, -0.2) is 49.5 Å². The molecule has 0 saturated heterocycles. The number of aliphatic carboxylic acids is 1. The third-order valence-electron chi connectivity index (χ3n) is 3.18. The van der Waals surface area contributed by atoms with Gasteiger partial charge in [-0.15, -0.1) is 5.10 Å². The van der Waals surface area contributed by atoms with Gasteiger partial charge in [0.2, 0.25) is 0 Å². The summed E-state index contributed by atoms with van der Waals surface area (Å²) in [6.07, 6.45) is 1.45. The Balaban J connectivity index is 2.17. The Morgan fingerprint density at radius 2 is 1.95 bits per heavy atom. The van der Waals surface area contributed by atoms with Crippen LogP contribution in [0.25, 0.3) is 5.69 Å². The van der Waals surface area contributed by atoms with Crippen LogP contribution < -0.4 is 0 Å². The van der Waals surface area contributed by atoms with Gasteiger partial charge in [0.15, 0.2) is 5.69 Å². The molecule has 0 saturated carbocycles. The molecule has 22 heavy (non-hydrogen) atoms. The van der Waals surface area contributed by atoms with Crippen LogP contribution in [0.4, 0.5) is 0 Å². The minimum Gasteiger partial charge on any atom is -0.481 e. The Bertz CT molecular complexity index is 652. The molecule has 1 aromatic heterocycles. The number of nitrogens with zero attached hydrogens (tertiary/aromatic N) is 4. The number of rotatable bonds is 6. The van der Waals surface area contributed by atoms with Gasteiger partial charge in [-0.2, -0.15) is 0 Å². The lowest BCUT2D eigenvalue weighted by Gasteiger charge is -2.25. The van der Waals surface area contributed by atoms with Crippen LogP contribution in [0, 0.1) is 0 Å². The first-order valence-corrected chi connectivity index (χ1v) is 6.99. The Kier molecular flexibility index (Phi) is 4.88. The van der Waals surface area contributed by atoms with Gasteiger partial charge < -0.3 is 10.0 Å². The molecular weight excluding hydrogens is 284 g/mol. The molecule has 0 bridgehead atoms. The van der Waals surface area contributed by atoms with Gasteiger partial charge in [0.1, 0.15) is 0 Å². The maximum Gasteiger partial charge on any atom is 0.305 e. The highest BCUT2D eigenvalue weighted by Crippen LogP contribution is 2.10. The fraction of sp³-hybridized carbons (Fsp3) is 0.333. The SMILES string of the molecule is CC(C)N(CCC(=O)O)C(=O)c1cn(-c2ccccc2)nn1. The summed E-state index contributed by atoms with van der Waals surface area (Å²) in [6.45, 7) is 3.81. The lowest BCUT2D eigenvalue weighted by atomic mass is 10.2. The molecule has 0 fully saturated rings. The van der Waals surface area contributed by atoms with Crippen molar-refractivity contribution in [2.75, 3.05) is 6.54 Å². The highest BCUT2D eigenvalue weighted by atomic mass is 16.4. The maximum absolute atomic E-state index is 12.5. The number of carbonyl (C=O) groups excluding carboxylic acids is 1. The number of amides is 1. The molecule has 1 amide bonds. The summed E-state index contributed by atoms with van der Waals surface area (Å²) in [4.78, 5) is 24.6. The molecule has 0 aliphatic rings. The molecule has 7 nitrogen and oxygen atoms in total. The summed E-state index contributed by atoms with van der Waals surface area (Å²) in [6, 6.07) is 9.21. The average Bonchev–Trinajstić information content (AvgIpc) is 2.97. The van der Waals surface area contributed by atoms with Crippen LogP contribution in [0.5, 0.6) is 0 Å². The number of hydrogen-bond donors (Lipinski definition) is 1. The average molecular weight is 302 g/mol. The van der Waals surface area contributed by atoms with Crippen LogP contribution in [0.3, 0.4) is 0 Å². The fourth-order valence-corrected chi connectivity index (χ4v) is 2.03. The number of para-hydroxylation sites is 1. The first-order chi connectivity index (χ1) is 10.5. The van der Waals surface area contributed by atoms with Crippen molar-refractivity contribution in [3.63, 3.8) is 0 Å². The van der Waals surface area contributed by atoms with E-state index in [-0.39, 0.29) is 30.6 Å². The molecule has 1 N–H and O–H groups in total. The van der Waals surface area contributed by atoms with Crippen LogP contribution in [0.15, 0.2) is 36.5 Å². The predicted octanol–water partition coefficient (Wildman–Crippen LogP) is 1.59. The normalized spacial score (nSPS) is 10.7. The van der Waals surface area contributed by atoms with E-state index in [2.05, 4.69) is 10.3 Å². The van der Waals surface area contributed by atoms with Crippen LogP contribution >= 0.6 is 0 Å². The number of carboxylic acids is 1. The largest absolute Gasteiger partial charge is 0.481 e. The van der Waals surface area contributed by atoms with Crippen molar-refractivity contribution in [1.82, 2.24) is 19.9 Å². The van der Waals surface area contributed by atoms with Gasteiger partial charge in [-0.05, 0) is 26.0 Å². The Morgan fingerprint density at radius 1 is 1.27 bits per heavy atom. The van der Waals surface area contributed by atoms with Gasteiger partial charge in [0.25, 0.3) is 5.91 Å². The van der Waals surface area contributed by atoms with E-state index < -0.39 is 5.97 Å². The minimum atomic E-state index is -0.939. The van der Waals surface area contributed by atoms with E-state index in [1.807, 2.05) is 44.2 Å². The number of aromatic nitrogens is 3. The zero-order valence-corrected chi connectivity index (χ0v) is 12.5. The molecule has 2 rings (SSSR count). The Morgan fingerprint density at radius 3 is 2.55 bits per heavy atom. The molecule has 1 heterocycles. The summed E-state index contributed by atoms with van der Waals surface area (Å²) in [5.74, 6) is -1.26. The van der Waals surface area contributed by atoms with Crippen molar-refractivity contribution in [3.8, 4) is 5.69 Å². The monoisotopic (exact) mass is 302 g/mol. The third kappa shape index (κ3) is 3.69. The van der Waals surface area contributed by atoms with Gasteiger partial charge in [0, 0.05) is 12.6 Å². The number of benzene rings is 1. The van der Waals surface area contributed by atoms with Gasteiger partial charge in [-0.3, -0.25) is 9.59 Å². The third-order valence-corrected chi connectivity index (χ3v) is 3.18. The molecular formula is C15H18N4O3. The van der Waals surface area contributed by atoms with E-state index in [4.69, 9.17) is 5.11 Å². The maximum atomic E-state index is 12.5. The summed E-state index contributed by atoms with van der Waals surface area (Å²) in [7, 11) is 0. The second-order valence-electron chi connectivity index (χ2n) is 5.12. The summed E-state index contributed by atoms with van der Waals surface area (Å²) in [5, 5.41) is 16.6. The molecule has 0 atom stereocenters. The standard InChI is InChI=1S/C15H18N4O3/c1-11(2)18(9-8-14(20)21)15(22)13-10-19(17-16-13)12-6-4-3-5-7-12/h3-7,10-11H,8-9H2,1-2H3,(H,20,21). The first kappa shape index (κ1) is 15.7. The van der Waals surface area contributed by atoms with Crippen molar-refractivity contribution >= 4 is 11.9 Å². The van der Waals surface area contributed by atoms with E-state index in [0.717, 1.165) is 5.69 Å².